The molecule has 246 valence electrons. The van der Waals surface area contributed by atoms with Gasteiger partial charge in [0, 0.05) is 38.0 Å². The summed E-state index contributed by atoms with van der Waals surface area (Å²) in [6, 6.07) is 58.6. The Labute approximate surface area is 301 Å². The molecule has 0 saturated heterocycles. The highest BCUT2D eigenvalue weighted by Crippen LogP contribution is 2.53. The zero-order valence-electron chi connectivity index (χ0n) is 28.9. The van der Waals surface area contributed by atoms with Crippen molar-refractivity contribution in [3.05, 3.63) is 175 Å². The SMILES string of the molecule is CC1(C)c2ccccc2-c2ccc(N(c3cccc4ccccc34)c3ccc(-c4ccccc4)c4c3oc3ccc5oc6ccccc6c5c34)cc21. The molecule has 3 nitrogen and oxygen atoms in total. The van der Waals surface area contributed by atoms with Crippen molar-refractivity contribution in [2.75, 3.05) is 4.90 Å². The van der Waals surface area contributed by atoms with Crippen LogP contribution in [0.1, 0.15) is 25.0 Å². The summed E-state index contributed by atoms with van der Waals surface area (Å²) in [5, 5.41) is 6.67. The Bertz CT molecular complexity index is 3050. The number of hydrogen-bond donors (Lipinski definition) is 0. The zero-order valence-corrected chi connectivity index (χ0v) is 28.9. The highest BCUT2D eigenvalue weighted by molar-refractivity contribution is 6.29. The first-order valence-corrected chi connectivity index (χ1v) is 17.9. The summed E-state index contributed by atoms with van der Waals surface area (Å²) in [7, 11) is 0. The molecule has 0 N–H and O–H groups in total. The van der Waals surface area contributed by atoms with Crippen LogP contribution >= 0.6 is 0 Å². The molecule has 1 aliphatic carbocycles. The van der Waals surface area contributed by atoms with Gasteiger partial charge in [0.25, 0.3) is 0 Å². The summed E-state index contributed by atoms with van der Waals surface area (Å²) >= 11 is 0. The molecule has 0 spiro atoms. The number of furan rings is 2. The molecule has 1 aliphatic rings. The van der Waals surface area contributed by atoms with Crippen molar-refractivity contribution in [1.29, 1.82) is 0 Å². The Balaban J connectivity index is 1.27. The lowest BCUT2D eigenvalue weighted by molar-refractivity contribution is 0.660. The van der Waals surface area contributed by atoms with Crippen LogP contribution in [0, 0.1) is 0 Å². The Morgan fingerprint density at radius 3 is 2.02 bits per heavy atom. The fraction of sp³-hybridized carbons (Fsp3) is 0.0612. The molecule has 0 amide bonds. The van der Waals surface area contributed by atoms with Gasteiger partial charge in [-0.3, -0.25) is 0 Å². The fourth-order valence-corrected chi connectivity index (χ4v) is 8.84. The zero-order chi connectivity index (χ0) is 34.6. The summed E-state index contributed by atoms with van der Waals surface area (Å²) in [6.07, 6.45) is 0. The van der Waals surface area contributed by atoms with E-state index >= 15 is 0 Å². The van der Waals surface area contributed by atoms with Gasteiger partial charge in [-0.1, -0.05) is 135 Å². The van der Waals surface area contributed by atoms with Gasteiger partial charge in [0.15, 0.2) is 5.58 Å². The number of rotatable bonds is 4. The first-order chi connectivity index (χ1) is 25.6. The second-order valence-electron chi connectivity index (χ2n) is 14.4. The van der Waals surface area contributed by atoms with Gasteiger partial charge in [0.1, 0.15) is 16.7 Å². The van der Waals surface area contributed by atoms with Gasteiger partial charge in [0.05, 0.1) is 11.4 Å². The molecule has 0 saturated carbocycles. The van der Waals surface area contributed by atoms with E-state index in [4.69, 9.17) is 8.83 Å². The average molecular weight is 668 g/mol. The van der Waals surface area contributed by atoms with E-state index in [1.807, 2.05) is 18.2 Å². The van der Waals surface area contributed by atoms with E-state index in [0.29, 0.717) is 0 Å². The number of anilines is 3. The van der Waals surface area contributed by atoms with Crippen LogP contribution in [0.5, 0.6) is 0 Å². The van der Waals surface area contributed by atoms with Crippen LogP contribution in [0.4, 0.5) is 17.1 Å². The second-order valence-corrected chi connectivity index (χ2v) is 14.4. The monoisotopic (exact) mass is 667 g/mol. The summed E-state index contributed by atoms with van der Waals surface area (Å²) < 4.78 is 13.5. The van der Waals surface area contributed by atoms with Crippen LogP contribution in [0.15, 0.2) is 173 Å². The maximum atomic E-state index is 7.11. The van der Waals surface area contributed by atoms with E-state index in [1.165, 1.54) is 33.0 Å². The van der Waals surface area contributed by atoms with Crippen LogP contribution in [0.2, 0.25) is 0 Å². The number of fused-ring (bicyclic) bond motifs is 11. The molecule has 10 aromatic rings. The van der Waals surface area contributed by atoms with Gasteiger partial charge in [-0.15, -0.1) is 0 Å². The molecular weight excluding hydrogens is 635 g/mol. The highest BCUT2D eigenvalue weighted by atomic mass is 16.3. The van der Waals surface area contributed by atoms with Crippen LogP contribution in [0.25, 0.3) is 76.9 Å². The Morgan fingerprint density at radius 1 is 0.442 bits per heavy atom. The van der Waals surface area contributed by atoms with Crippen LogP contribution in [-0.2, 0) is 5.41 Å². The molecule has 8 aromatic carbocycles. The van der Waals surface area contributed by atoms with Gasteiger partial charge < -0.3 is 13.7 Å². The van der Waals surface area contributed by atoms with E-state index in [9.17, 15) is 0 Å². The molecule has 0 aliphatic heterocycles. The molecule has 0 atom stereocenters. The van der Waals surface area contributed by atoms with E-state index in [0.717, 1.165) is 72.1 Å². The molecule has 0 radical (unpaired) electrons. The standard InChI is InChI=1S/C49H33NO2/c1-49(2)38-20-10-8-18-35(38)36-24-23-32(29-39(36)49)50(40-21-12-16-30-15-6-7-17-33(30)40)41-26-25-34(31-13-4-3-5-14-31)46-47-44(52-48(41)46)28-27-43-45(47)37-19-9-11-22-42(37)51-43/h3-29H,1-2H3. The van der Waals surface area contributed by atoms with E-state index < -0.39 is 0 Å². The van der Waals surface area contributed by atoms with Crippen molar-refractivity contribution in [3.63, 3.8) is 0 Å². The predicted molar refractivity (Wildman–Crippen MR) is 216 cm³/mol. The number of benzene rings is 8. The lowest BCUT2D eigenvalue weighted by Crippen LogP contribution is -2.16. The first kappa shape index (κ1) is 29.2. The summed E-state index contributed by atoms with van der Waals surface area (Å²) in [6.45, 7) is 4.69. The third kappa shape index (κ3) is 4.02. The summed E-state index contributed by atoms with van der Waals surface area (Å²) in [5.74, 6) is 0. The van der Waals surface area contributed by atoms with Gasteiger partial charge in [-0.2, -0.15) is 0 Å². The molecule has 11 rings (SSSR count). The minimum absolute atomic E-state index is 0.147. The maximum absolute atomic E-state index is 7.11. The number of hydrogen-bond acceptors (Lipinski definition) is 3. The Morgan fingerprint density at radius 2 is 1.13 bits per heavy atom. The van der Waals surface area contributed by atoms with E-state index in [1.54, 1.807) is 0 Å². The van der Waals surface area contributed by atoms with Crippen molar-refractivity contribution >= 4 is 71.7 Å². The lowest BCUT2D eigenvalue weighted by atomic mass is 9.82. The van der Waals surface area contributed by atoms with E-state index in [-0.39, 0.29) is 5.41 Å². The molecule has 2 heterocycles. The van der Waals surface area contributed by atoms with Crippen molar-refractivity contribution in [2.45, 2.75) is 19.3 Å². The maximum Gasteiger partial charge on any atom is 0.160 e. The van der Waals surface area contributed by atoms with Gasteiger partial charge in [-0.25, -0.2) is 0 Å². The van der Waals surface area contributed by atoms with Gasteiger partial charge >= 0.3 is 0 Å². The van der Waals surface area contributed by atoms with Crippen molar-refractivity contribution in [1.82, 2.24) is 0 Å². The topological polar surface area (TPSA) is 29.5 Å². The molecular formula is C49H33NO2. The quantitative estimate of drug-likeness (QED) is 0.187. The number of para-hydroxylation sites is 1. The van der Waals surface area contributed by atoms with Crippen LogP contribution < -0.4 is 4.90 Å². The predicted octanol–water partition coefficient (Wildman–Crippen LogP) is 14.1. The summed E-state index contributed by atoms with van der Waals surface area (Å²) in [4.78, 5) is 2.41. The van der Waals surface area contributed by atoms with Crippen LogP contribution in [-0.4, -0.2) is 0 Å². The Kier molecular flexibility index (Phi) is 6.01. The van der Waals surface area contributed by atoms with Crippen molar-refractivity contribution < 1.29 is 8.83 Å². The molecule has 0 bridgehead atoms. The lowest BCUT2D eigenvalue weighted by Gasteiger charge is -2.29. The van der Waals surface area contributed by atoms with Crippen LogP contribution in [0.3, 0.4) is 0 Å². The molecule has 3 heteroatoms. The first-order valence-electron chi connectivity index (χ1n) is 17.9. The minimum atomic E-state index is -0.147. The Hall–Kier alpha value is -6.58. The normalized spacial score (nSPS) is 13.3. The molecule has 2 aromatic heterocycles. The van der Waals surface area contributed by atoms with Gasteiger partial charge in [-0.05, 0) is 81.2 Å². The van der Waals surface area contributed by atoms with Gasteiger partial charge in [0.2, 0.25) is 0 Å². The van der Waals surface area contributed by atoms with Crippen molar-refractivity contribution in [3.8, 4) is 22.3 Å². The highest BCUT2D eigenvalue weighted by Gasteiger charge is 2.36. The largest absolute Gasteiger partial charge is 0.456 e. The molecule has 0 unspecified atom stereocenters. The molecule has 0 fully saturated rings. The summed E-state index contributed by atoms with van der Waals surface area (Å²) in [5.41, 5.74) is 14.0. The third-order valence-electron chi connectivity index (χ3n) is 11.3. The fourth-order valence-electron chi connectivity index (χ4n) is 8.84. The van der Waals surface area contributed by atoms with E-state index in [2.05, 4.69) is 164 Å². The van der Waals surface area contributed by atoms with Crippen molar-refractivity contribution in [2.24, 2.45) is 0 Å². The average Bonchev–Trinajstić information content (AvgIpc) is 3.84. The molecule has 52 heavy (non-hydrogen) atoms. The smallest absolute Gasteiger partial charge is 0.160 e. The minimum Gasteiger partial charge on any atom is -0.456 e. The third-order valence-corrected chi connectivity index (χ3v) is 11.3. The number of nitrogens with zero attached hydrogens (tertiary/aromatic N) is 1. The second kappa shape index (κ2) is 10.7.